The van der Waals surface area contributed by atoms with E-state index in [9.17, 15) is 9.59 Å². The summed E-state index contributed by atoms with van der Waals surface area (Å²) in [5, 5.41) is 12.2. The molecule has 3 heterocycles. The number of hydrogen-bond acceptors (Lipinski definition) is 4. The lowest BCUT2D eigenvalue weighted by atomic mass is 9.95. The number of H-pyrrole nitrogens is 1. The summed E-state index contributed by atoms with van der Waals surface area (Å²) in [6, 6.07) is 11.7. The van der Waals surface area contributed by atoms with Crippen LogP contribution in [0, 0.1) is 12.8 Å². The van der Waals surface area contributed by atoms with Crippen molar-refractivity contribution in [2.24, 2.45) is 5.92 Å². The number of carbonyl (C=O) groups is 2. The summed E-state index contributed by atoms with van der Waals surface area (Å²) in [5.74, 6) is 0.0303. The second-order valence-corrected chi connectivity index (χ2v) is 8.35. The van der Waals surface area contributed by atoms with Crippen LogP contribution in [0.2, 0.25) is 0 Å². The van der Waals surface area contributed by atoms with Gasteiger partial charge in [0.25, 0.3) is 5.91 Å². The highest BCUT2D eigenvalue weighted by atomic mass is 32.1. The first-order valence-corrected chi connectivity index (χ1v) is 10.7. The van der Waals surface area contributed by atoms with Gasteiger partial charge in [-0.2, -0.15) is 5.10 Å². The molecule has 0 bridgehead atoms. The van der Waals surface area contributed by atoms with Crippen molar-refractivity contribution in [1.29, 1.82) is 0 Å². The Bertz CT molecular complexity index is 971. The van der Waals surface area contributed by atoms with E-state index in [4.69, 9.17) is 0 Å². The smallest absolute Gasteiger partial charge is 0.253 e. The Kier molecular flexibility index (Phi) is 5.76. The summed E-state index contributed by atoms with van der Waals surface area (Å²) in [6.07, 6.45) is 3.14. The van der Waals surface area contributed by atoms with Gasteiger partial charge in [-0.1, -0.05) is 23.8 Å². The molecule has 2 aromatic heterocycles. The van der Waals surface area contributed by atoms with Gasteiger partial charge in [0, 0.05) is 36.7 Å². The van der Waals surface area contributed by atoms with Crippen LogP contribution in [0.1, 0.15) is 34.3 Å². The molecule has 0 unspecified atom stereocenters. The van der Waals surface area contributed by atoms with Crippen LogP contribution in [-0.2, 0) is 11.3 Å². The Labute approximate surface area is 173 Å². The van der Waals surface area contributed by atoms with Gasteiger partial charge < -0.3 is 10.2 Å². The maximum Gasteiger partial charge on any atom is 0.253 e. The largest absolute Gasteiger partial charge is 0.352 e. The molecule has 2 amide bonds. The Hall–Kier alpha value is -2.93. The molecule has 29 heavy (non-hydrogen) atoms. The molecule has 7 heteroatoms. The molecule has 1 aromatic carbocycles. The molecule has 3 aromatic rings. The van der Waals surface area contributed by atoms with Crippen molar-refractivity contribution in [2.45, 2.75) is 26.3 Å². The number of piperidine rings is 1. The Balaban J connectivity index is 1.29. The van der Waals surface area contributed by atoms with E-state index < -0.39 is 0 Å². The van der Waals surface area contributed by atoms with E-state index in [-0.39, 0.29) is 17.7 Å². The fourth-order valence-corrected chi connectivity index (χ4v) is 4.38. The highest BCUT2D eigenvalue weighted by molar-refractivity contribution is 7.13. The van der Waals surface area contributed by atoms with Crippen LogP contribution in [-0.4, -0.2) is 40.0 Å². The first-order chi connectivity index (χ1) is 14.1. The zero-order valence-corrected chi connectivity index (χ0v) is 17.2. The molecule has 0 saturated carbocycles. The van der Waals surface area contributed by atoms with Crippen LogP contribution in [0.25, 0.3) is 10.6 Å². The zero-order valence-electron chi connectivity index (χ0n) is 16.4. The number of rotatable bonds is 5. The lowest BCUT2D eigenvalue weighted by Gasteiger charge is -2.31. The molecule has 0 atom stereocenters. The zero-order chi connectivity index (χ0) is 20.2. The quantitative estimate of drug-likeness (QED) is 0.677. The molecule has 4 rings (SSSR count). The van der Waals surface area contributed by atoms with Crippen LogP contribution in [0.15, 0.2) is 48.0 Å². The van der Waals surface area contributed by atoms with E-state index in [1.54, 1.807) is 17.5 Å². The van der Waals surface area contributed by atoms with Crippen LogP contribution >= 0.6 is 11.3 Å². The Morgan fingerprint density at radius 1 is 1.21 bits per heavy atom. The van der Waals surface area contributed by atoms with Gasteiger partial charge in [-0.25, -0.2) is 0 Å². The average molecular weight is 409 g/mol. The van der Waals surface area contributed by atoms with Crippen molar-refractivity contribution >= 4 is 23.2 Å². The van der Waals surface area contributed by atoms with Crippen molar-refractivity contribution in [3.63, 3.8) is 0 Å². The van der Waals surface area contributed by atoms with Crippen molar-refractivity contribution in [3.8, 4) is 10.6 Å². The van der Waals surface area contributed by atoms with E-state index in [2.05, 4.69) is 15.5 Å². The molecule has 0 spiro atoms. The normalized spacial score (nSPS) is 14.7. The molecule has 2 N–H and O–H groups in total. The molecular weight excluding hydrogens is 384 g/mol. The van der Waals surface area contributed by atoms with Crippen LogP contribution in [0.4, 0.5) is 0 Å². The minimum Gasteiger partial charge on any atom is -0.352 e. The SMILES string of the molecule is Cc1ccc(C(=O)N2CCC(C(=O)NCc3cn[nH]c3-c3cccs3)CC2)cc1. The molecule has 1 fully saturated rings. The molecule has 1 aliphatic rings. The van der Waals surface area contributed by atoms with E-state index in [1.165, 1.54) is 0 Å². The topological polar surface area (TPSA) is 78.1 Å². The minimum atomic E-state index is -0.0610. The minimum absolute atomic E-state index is 0.0443. The Morgan fingerprint density at radius 2 is 1.97 bits per heavy atom. The highest BCUT2D eigenvalue weighted by Crippen LogP contribution is 2.26. The monoisotopic (exact) mass is 408 g/mol. The number of aromatic amines is 1. The van der Waals surface area contributed by atoms with Gasteiger partial charge in [-0.3, -0.25) is 14.7 Å². The molecule has 0 aliphatic carbocycles. The number of carbonyl (C=O) groups excluding carboxylic acids is 2. The van der Waals surface area contributed by atoms with E-state index in [0.717, 1.165) is 21.7 Å². The number of hydrogen-bond donors (Lipinski definition) is 2. The predicted molar refractivity (Wildman–Crippen MR) is 114 cm³/mol. The predicted octanol–water partition coefficient (Wildman–Crippen LogP) is 3.62. The number of nitrogens with one attached hydrogen (secondary N) is 2. The van der Waals surface area contributed by atoms with Crippen LogP contribution < -0.4 is 5.32 Å². The summed E-state index contributed by atoms with van der Waals surface area (Å²) in [7, 11) is 0. The summed E-state index contributed by atoms with van der Waals surface area (Å²) in [5.41, 5.74) is 3.78. The molecule has 1 saturated heterocycles. The lowest BCUT2D eigenvalue weighted by Crippen LogP contribution is -2.42. The molecule has 1 aliphatic heterocycles. The van der Waals surface area contributed by atoms with Gasteiger partial charge in [0.05, 0.1) is 16.8 Å². The van der Waals surface area contributed by atoms with Gasteiger partial charge in [-0.05, 0) is 43.3 Å². The number of aryl methyl sites for hydroxylation is 1. The average Bonchev–Trinajstić information content (AvgIpc) is 3.43. The van der Waals surface area contributed by atoms with E-state index in [1.807, 2.05) is 53.6 Å². The van der Waals surface area contributed by atoms with Crippen molar-refractivity contribution in [1.82, 2.24) is 20.4 Å². The highest BCUT2D eigenvalue weighted by Gasteiger charge is 2.27. The lowest BCUT2D eigenvalue weighted by molar-refractivity contribution is -0.126. The molecule has 0 radical (unpaired) electrons. The fraction of sp³-hybridized carbons (Fsp3) is 0.318. The van der Waals surface area contributed by atoms with Crippen molar-refractivity contribution in [2.75, 3.05) is 13.1 Å². The van der Waals surface area contributed by atoms with Gasteiger partial charge in [0.15, 0.2) is 0 Å². The first-order valence-electron chi connectivity index (χ1n) is 9.81. The van der Waals surface area contributed by atoms with Gasteiger partial charge in [0.1, 0.15) is 0 Å². The van der Waals surface area contributed by atoms with Crippen LogP contribution in [0.3, 0.4) is 0 Å². The second-order valence-electron chi connectivity index (χ2n) is 7.40. The number of likely N-dealkylation sites (tertiary alicyclic amines) is 1. The second kappa shape index (κ2) is 8.61. The third-order valence-electron chi connectivity index (χ3n) is 5.39. The first kappa shape index (κ1) is 19.4. The van der Waals surface area contributed by atoms with Crippen molar-refractivity contribution < 1.29 is 9.59 Å². The molecule has 6 nitrogen and oxygen atoms in total. The molecular formula is C22H24N4O2S. The number of aromatic nitrogens is 2. The number of amides is 2. The summed E-state index contributed by atoms with van der Waals surface area (Å²) in [4.78, 5) is 28.2. The summed E-state index contributed by atoms with van der Waals surface area (Å²) in [6.45, 7) is 3.67. The van der Waals surface area contributed by atoms with Gasteiger partial charge >= 0.3 is 0 Å². The number of benzene rings is 1. The standard InChI is InChI=1S/C22H24N4O2S/c1-15-4-6-17(7-5-15)22(28)26-10-8-16(9-11-26)21(27)23-13-18-14-24-25-20(18)19-3-2-12-29-19/h2-7,12,14,16H,8-11,13H2,1H3,(H,23,27)(H,24,25). The maximum absolute atomic E-state index is 12.6. The van der Waals surface area contributed by atoms with Gasteiger partial charge in [-0.15, -0.1) is 11.3 Å². The fourth-order valence-electron chi connectivity index (χ4n) is 3.63. The van der Waals surface area contributed by atoms with E-state index in [0.29, 0.717) is 38.0 Å². The molecule has 150 valence electrons. The van der Waals surface area contributed by atoms with E-state index >= 15 is 0 Å². The van der Waals surface area contributed by atoms with Crippen molar-refractivity contribution in [3.05, 3.63) is 64.7 Å². The summed E-state index contributed by atoms with van der Waals surface area (Å²) >= 11 is 1.64. The number of thiophene rings is 1. The summed E-state index contributed by atoms with van der Waals surface area (Å²) < 4.78 is 0. The third kappa shape index (κ3) is 4.40. The third-order valence-corrected chi connectivity index (χ3v) is 6.28. The van der Waals surface area contributed by atoms with Crippen LogP contribution in [0.5, 0.6) is 0 Å². The van der Waals surface area contributed by atoms with Gasteiger partial charge in [0.2, 0.25) is 5.91 Å². The number of nitrogens with zero attached hydrogens (tertiary/aromatic N) is 2. The maximum atomic E-state index is 12.6. The Morgan fingerprint density at radius 3 is 2.66 bits per heavy atom.